The second-order valence-electron chi connectivity index (χ2n) is 6.29. The molecule has 0 fully saturated rings. The van der Waals surface area contributed by atoms with Crippen molar-refractivity contribution in [2.45, 2.75) is 40.2 Å². The lowest BCUT2D eigenvalue weighted by atomic mass is 9.92. The molecule has 0 spiro atoms. The van der Waals surface area contributed by atoms with E-state index in [1.54, 1.807) is 0 Å². The maximum atomic E-state index is 12.2. The van der Waals surface area contributed by atoms with Gasteiger partial charge in [0.2, 0.25) is 5.91 Å². The Morgan fingerprint density at radius 1 is 1.33 bits per heavy atom. The maximum absolute atomic E-state index is 12.2. The van der Waals surface area contributed by atoms with Crippen LogP contribution in [0.15, 0.2) is 18.2 Å². The Balaban J connectivity index is 2.31. The molecule has 1 unspecified atom stereocenters. The van der Waals surface area contributed by atoms with Crippen LogP contribution in [0.3, 0.4) is 0 Å². The number of hydrogen-bond acceptors (Lipinski definition) is 2. The van der Waals surface area contributed by atoms with Gasteiger partial charge in [0, 0.05) is 12.1 Å². The van der Waals surface area contributed by atoms with E-state index < -0.39 is 6.04 Å². The molecule has 3 nitrogen and oxygen atoms in total. The average molecular weight is 246 g/mol. The molecule has 1 heterocycles. The number of fused-ring (bicyclic) bond motifs is 1. The highest BCUT2D eigenvalue weighted by Gasteiger charge is 2.35. The number of nitrogens with two attached hydrogens (primary N) is 1. The summed E-state index contributed by atoms with van der Waals surface area (Å²) in [5.41, 5.74) is 9.34. The number of carbonyl (C=O) groups excluding carboxylic acids is 1. The van der Waals surface area contributed by atoms with Crippen molar-refractivity contribution in [2.24, 2.45) is 11.1 Å². The zero-order valence-electron chi connectivity index (χ0n) is 11.7. The zero-order chi connectivity index (χ0) is 13.5. The van der Waals surface area contributed by atoms with Crippen LogP contribution in [0.25, 0.3) is 0 Å². The molecular formula is C15H22N2O. The largest absolute Gasteiger partial charge is 0.316 e. The van der Waals surface area contributed by atoms with Crippen LogP contribution in [0.5, 0.6) is 0 Å². The molecule has 1 aromatic carbocycles. The number of benzene rings is 1. The van der Waals surface area contributed by atoms with Gasteiger partial charge in [-0.3, -0.25) is 4.79 Å². The summed E-state index contributed by atoms with van der Waals surface area (Å²) >= 11 is 0. The van der Waals surface area contributed by atoms with Crippen LogP contribution >= 0.6 is 0 Å². The Hall–Kier alpha value is -1.35. The summed E-state index contributed by atoms with van der Waals surface area (Å²) < 4.78 is 0. The molecule has 1 amide bonds. The molecule has 0 saturated carbocycles. The smallest absolute Gasteiger partial charge is 0.248 e. The number of nitrogens with zero attached hydrogens (tertiary/aromatic N) is 1. The predicted octanol–water partition coefficient (Wildman–Crippen LogP) is 2.78. The van der Waals surface area contributed by atoms with E-state index in [4.69, 9.17) is 5.73 Å². The summed E-state index contributed by atoms with van der Waals surface area (Å²) in [4.78, 5) is 14.1. The van der Waals surface area contributed by atoms with Crippen LogP contribution in [0.1, 0.15) is 44.4 Å². The zero-order valence-corrected chi connectivity index (χ0v) is 11.7. The molecule has 3 heteroatoms. The van der Waals surface area contributed by atoms with E-state index in [0.29, 0.717) is 0 Å². The first-order chi connectivity index (χ1) is 8.31. The Labute approximate surface area is 109 Å². The number of hydrogen-bond donors (Lipinski definition) is 1. The van der Waals surface area contributed by atoms with E-state index in [-0.39, 0.29) is 11.3 Å². The van der Waals surface area contributed by atoms with Crippen LogP contribution in [-0.2, 0) is 4.79 Å². The monoisotopic (exact) mass is 246 g/mol. The fourth-order valence-electron chi connectivity index (χ4n) is 2.38. The van der Waals surface area contributed by atoms with Crippen molar-refractivity contribution >= 4 is 11.6 Å². The van der Waals surface area contributed by atoms with Gasteiger partial charge in [0.05, 0.1) is 5.69 Å². The third-order valence-electron chi connectivity index (χ3n) is 3.49. The Bertz CT molecular complexity index is 474. The minimum atomic E-state index is -0.486. The van der Waals surface area contributed by atoms with Crippen molar-refractivity contribution in [3.05, 3.63) is 29.3 Å². The molecule has 0 bridgehead atoms. The first kappa shape index (κ1) is 13.1. The van der Waals surface area contributed by atoms with Crippen LogP contribution in [0.2, 0.25) is 0 Å². The molecule has 1 aliphatic heterocycles. The predicted molar refractivity (Wildman–Crippen MR) is 74.5 cm³/mol. The van der Waals surface area contributed by atoms with Crippen molar-refractivity contribution in [3.8, 4) is 0 Å². The van der Waals surface area contributed by atoms with E-state index in [0.717, 1.165) is 29.8 Å². The van der Waals surface area contributed by atoms with Crippen LogP contribution in [-0.4, -0.2) is 12.5 Å². The van der Waals surface area contributed by atoms with Crippen molar-refractivity contribution in [3.63, 3.8) is 0 Å². The number of amides is 1. The second-order valence-corrected chi connectivity index (χ2v) is 6.29. The molecule has 0 saturated heterocycles. The molecule has 98 valence electrons. The molecule has 1 aromatic rings. The molecule has 0 aliphatic carbocycles. The molecular weight excluding hydrogens is 224 g/mol. The molecule has 0 radical (unpaired) electrons. The molecule has 0 aromatic heterocycles. The summed E-state index contributed by atoms with van der Waals surface area (Å²) in [6, 6.07) is 5.48. The first-order valence-electron chi connectivity index (χ1n) is 6.48. The highest BCUT2D eigenvalue weighted by Crippen LogP contribution is 2.37. The number of anilines is 1. The maximum Gasteiger partial charge on any atom is 0.248 e. The quantitative estimate of drug-likeness (QED) is 0.872. The van der Waals surface area contributed by atoms with Crippen molar-refractivity contribution in [1.29, 1.82) is 0 Å². The highest BCUT2D eigenvalue weighted by atomic mass is 16.2. The van der Waals surface area contributed by atoms with E-state index >= 15 is 0 Å². The summed E-state index contributed by atoms with van der Waals surface area (Å²) in [6.45, 7) is 9.34. The third kappa shape index (κ3) is 2.27. The number of carbonyl (C=O) groups is 1. The SMILES string of the molecule is Cc1cccc2c1N(CCC(C)(C)C)C(=O)C2N. The van der Waals surface area contributed by atoms with Crippen LogP contribution in [0.4, 0.5) is 5.69 Å². The van der Waals surface area contributed by atoms with Gasteiger partial charge in [0.1, 0.15) is 6.04 Å². The Kier molecular flexibility index (Phi) is 3.20. The highest BCUT2D eigenvalue weighted by molar-refractivity contribution is 6.05. The summed E-state index contributed by atoms with van der Waals surface area (Å²) in [5.74, 6) is 0.0311. The minimum Gasteiger partial charge on any atom is -0.316 e. The fraction of sp³-hybridized carbons (Fsp3) is 0.533. The molecule has 1 atom stereocenters. The van der Waals surface area contributed by atoms with Gasteiger partial charge in [-0.15, -0.1) is 0 Å². The Morgan fingerprint density at radius 2 is 2.00 bits per heavy atom. The van der Waals surface area contributed by atoms with Crippen LogP contribution < -0.4 is 10.6 Å². The van der Waals surface area contributed by atoms with Crippen molar-refractivity contribution in [1.82, 2.24) is 0 Å². The standard InChI is InChI=1S/C15H22N2O/c1-10-6-5-7-11-12(16)14(18)17(13(10)11)9-8-15(2,3)4/h5-7,12H,8-9,16H2,1-4H3. The van der Waals surface area contributed by atoms with Crippen molar-refractivity contribution < 1.29 is 4.79 Å². The molecule has 1 aliphatic rings. The van der Waals surface area contributed by atoms with Gasteiger partial charge in [-0.25, -0.2) is 0 Å². The van der Waals surface area contributed by atoms with E-state index in [9.17, 15) is 4.79 Å². The van der Waals surface area contributed by atoms with E-state index in [1.165, 1.54) is 0 Å². The normalized spacial score (nSPS) is 19.3. The molecule has 2 rings (SSSR count). The summed E-state index contributed by atoms with van der Waals surface area (Å²) in [6.07, 6.45) is 0.971. The molecule has 2 N–H and O–H groups in total. The second kappa shape index (κ2) is 4.39. The van der Waals surface area contributed by atoms with Gasteiger partial charge < -0.3 is 10.6 Å². The first-order valence-corrected chi connectivity index (χ1v) is 6.48. The molecule has 18 heavy (non-hydrogen) atoms. The van der Waals surface area contributed by atoms with Gasteiger partial charge in [0.15, 0.2) is 0 Å². The van der Waals surface area contributed by atoms with E-state index in [1.807, 2.05) is 30.0 Å². The summed E-state index contributed by atoms with van der Waals surface area (Å²) in [7, 11) is 0. The van der Waals surface area contributed by atoms with Gasteiger partial charge >= 0.3 is 0 Å². The topological polar surface area (TPSA) is 46.3 Å². The number of aryl methyl sites for hydroxylation is 1. The number of rotatable bonds is 2. The van der Waals surface area contributed by atoms with E-state index in [2.05, 4.69) is 20.8 Å². The lowest BCUT2D eigenvalue weighted by molar-refractivity contribution is -0.119. The number of para-hydroxylation sites is 1. The van der Waals surface area contributed by atoms with Gasteiger partial charge in [-0.1, -0.05) is 39.0 Å². The summed E-state index contributed by atoms with van der Waals surface area (Å²) in [5, 5.41) is 0. The lowest BCUT2D eigenvalue weighted by Crippen LogP contribution is -2.34. The average Bonchev–Trinajstić information content (AvgIpc) is 2.51. The van der Waals surface area contributed by atoms with Crippen LogP contribution in [0, 0.1) is 12.3 Å². The van der Waals surface area contributed by atoms with Gasteiger partial charge in [-0.05, 0) is 24.3 Å². The van der Waals surface area contributed by atoms with Gasteiger partial charge in [0.25, 0.3) is 0 Å². The fourth-order valence-corrected chi connectivity index (χ4v) is 2.38. The third-order valence-corrected chi connectivity index (χ3v) is 3.49. The Morgan fingerprint density at radius 3 is 2.61 bits per heavy atom. The lowest BCUT2D eigenvalue weighted by Gasteiger charge is -2.25. The minimum absolute atomic E-state index is 0.0311. The van der Waals surface area contributed by atoms with Crippen molar-refractivity contribution in [2.75, 3.05) is 11.4 Å². The van der Waals surface area contributed by atoms with Gasteiger partial charge in [-0.2, -0.15) is 0 Å².